The summed E-state index contributed by atoms with van der Waals surface area (Å²) in [5, 5.41) is 5.17. The predicted octanol–water partition coefficient (Wildman–Crippen LogP) is 6.44. The Bertz CT molecular complexity index is 1460. The second-order valence-electron chi connectivity index (χ2n) is 9.24. The summed E-state index contributed by atoms with van der Waals surface area (Å²) < 4.78 is 26.4. The van der Waals surface area contributed by atoms with Crippen LogP contribution in [0.4, 0.5) is 4.39 Å². The van der Waals surface area contributed by atoms with Gasteiger partial charge in [0.15, 0.2) is 11.5 Å². The summed E-state index contributed by atoms with van der Waals surface area (Å²) >= 11 is 0. The van der Waals surface area contributed by atoms with Crippen molar-refractivity contribution in [3.8, 4) is 11.5 Å². The molecule has 190 valence electrons. The predicted molar refractivity (Wildman–Crippen MR) is 143 cm³/mol. The molecule has 0 spiro atoms. The van der Waals surface area contributed by atoms with E-state index < -0.39 is 0 Å². The molecule has 37 heavy (non-hydrogen) atoms. The first-order valence-electron chi connectivity index (χ1n) is 12.8. The third kappa shape index (κ3) is 5.71. The lowest BCUT2D eigenvalue weighted by molar-refractivity contribution is 0.269. The Balaban J connectivity index is 1.45. The maximum Gasteiger partial charge on any atom is 0.282 e. The number of fused-ring (bicyclic) bond motifs is 1. The van der Waals surface area contributed by atoms with Crippen LogP contribution >= 0.6 is 0 Å². The molecule has 0 aliphatic heterocycles. The SMILES string of the molecule is CCOc1cc(C=Nn2c(C3CCCCC3)nc3ccccc3c2=O)ccc1OCc1ccc(F)cc1. The van der Waals surface area contributed by atoms with Gasteiger partial charge in [0, 0.05) is 5.92 Å². The number of rotatable bonds is 8. The molecular formula is C30H30FN3O3. The summed E-state index contributed by atoms with van der Waals surface area (Å²) in [6.45, 7) is 2.66. The molecule has 1 aliphatic rings. The quantitative estimate of drug-likeness (QED) is 0.262. The van der Waals surface area contributed by atoms with Crippen LogP contribution in [0.5, 0.6) is 11.5 Å². The molecule has 0 amide bonds. The Hall–Kier alpha value is -4.00. The maximum atomic E-state index is 13.4. The van der Waals surface area contributed by atoms with Crippen LogP contribution in [0.1, 0.15) is 61.9 Å². The second kappa shape index (κ2) is 11.4. The minimum Gasteiger partial charge on any atom is -0.490 e. The van der Waals surface area contributed by atoms with E-state index in [0.29, 0.717) is 29.0 Å². The zero-order valence-electron chi connectivity index (χ0n) is 20.9. The lowest BCUT2D eigenvalue weighted by atomic mass is 9.88. The van der Waals surface area contributed by atoms with E-state index in [1.807, 2.05) is 43.3 Å². The lowest BCUT2D eigenvalue weighted by Gasteiger charge is -2.22. The van der Waals surface area contributed by atoms with Crippen molar-refractivity contribution in [2.75, 3.05) is 6.61 Å². The van der Waals surface area contributed by atoms with Gasteiger partial charge < -0.3 is 9.47 Å². The average Bonchev–Trinajstić information content (AvgIpc) is 2.93. The highest BCUT2D eigenvalue weighted by molar-refractivity contribution is 5.81. The highest BCUT2D eigenvalue weighted by Gasteiger charge is 2.22. The van der Waals surface area contributed by atoms with E-state index in [1.54, 1.807) is 24.4 Å². The van der Waals surface area contributed by atoms with E-state index in [4.69, 9.17) is 14.5 Å². The van der Waals surface area contributed by atoms with Gasteiger partial charge in [0.1, 0.15) is 18.2 Å². The molecule has 1 saturated carbocycles. The van der Waals surface area contributed by atoms with Crippen LogP contribution in [0.3, 0.4) is 0 Å². The van der Waals surface area contributed by atoms with E-state index in [-0.39, 0.29) is 23.9 Å². The van der Waals surface area contributed by atoms with Gasteiger partial charge in [-0.05, 0) is 73.4 Å². The second-order valence-corrected chi connectivity index (χ2v) is 9.24. The third-order valence-electron chi connectivity index (χ3n) is 6.65. The van der Waals surface area contributed by atoms with Crippen LogP contribution in [-0.4, -0.2) is 22.5 Å². The Morgan fingerprint density at radius 3 is 2.57 bits per heavy atom. The normalized spacial score (nSPS) is 14.3. The highest BCUT2D eigenvalue weighted by Crippen LogP contribution is 2.32. The molecule has 0 N–H and O–H groups in total. The average molecular weight is 500 g/mol. The summed E-state index contributed by atoms with van der Waals surface area (Å²) in [6, 6.07) is 19.2. The minimum absolute atomic E-state index is 0.160. The van der Waals surface area contributed by atoms with Gasteiger partial charge in [0.2, 0.25) is 0 Å². The Morgan fingerprint density at radius 1 is 1.00 bits per heavy atom. The van der Waals surface area contributed by atoms with Crippen molar-refractivity contribution >= 4 is 17.1 Å². The van der Waals surface area contributed by atoms with Crippen LogP contribution in [0.2, 0.25) is 0 Å². The van der Waals surface area contributed by atoms with Gasteiger partial charge in [-0.25, -0.2) is 9.37 Å². The van der Waals surface area contributed by atoms with E-state index in [9.17, 15) is 9.18 Å². The topological polar surface area (TPSA) is 65.7 Å². The number of nitrogens with zero attached hydrogens (tertiary/aromatic N) is 3. The zero-order valence-corrected chi connectivity index (χ0v) is 20.9. The molecular weight excluding hydrogens is 469 g/mol. The van der Waals surface area contributed by atoms with Gasteiger partial charge in [-0.3, -0.25) is 4.79 Å². The van der Waals surface area contributed by atoms with Gasteiger partial charge in [0.25, 0.3) is 5.56 Å². The van der Waals surface area contributed by atoms with Gasteiger partial charge >= 0.3 is 0 Å². The first-order chi connectivity index (χ1) is 18.1. The van der Waals surface area contributed by atoms with Gasteiger partial charge in [0.05, 0.1) is 23.7 Å². The standard InChI is InChI=1S/C30H30FN3O3/c1-2-36-28-18-22(14-17-27(28)37-20-21-12-15-24(31)16-13-21)19-32-34-29(23-8-4-3-5-9-23)33-26-11-7-6-10-25(26)30(34)35/h6-7,10-19,23H,2-5,8-9,20H2,1H3. The highest BCUT2D eigenvalue weighted by atomic mass is 19.1. The molecule has 0 radical (unpaired) electrons. The lowest BCUT2D eigenvalue weighted by Crippen LogP contribution is -2.25. The Morgan fingerprint density at radius 2 is 1.78 bits per heavy atom. The van der Waals surface area contributed by atoms with Crippen LogP contribution in [-0.2, 0) is 6.61 Å². The summed E-state index contributed by atoms with van der Waals surface area (Å²) in [7, 11) is 0. The molecule has 1 heterocycles. The van der Waals surface area contributed by atoms with Crippen molar-refractivity contribution in [2.24, 2.45) is 5.10 Å². The molecule has 6 nitrogen and oxygen atoms in total. The fourth-order valence-electron chi connectivity index (χ4n) is 4.74. The summed E-state index contributed by atoms with van der Waals surface area (Å²) in [4.78, 5) is 18.3. The molecule has 7 heteroatoms. The number of aromatic nitrogens is 2. The summed E-state index contributed by atoms with van der Waals surface area (Å²) in [6.07, 6.45) is 7.16. The van der Waals surface area contributed by atoms with Crippen LogP contribution in [0, 0.1) is 5.82 Å². The van der Waals surface area contributed by atoms with Crippen LogP contribution in [0.25, 0.3) is 10.9 Å². The number of ether oxygens (including phenoxy) is 2. The molecule has 0 bridgehead atoms. The molecule has 3 aromatic carbocycles. The third-order valence-corrected chi connectivity index (χ3v) is 6.65. The van der Waals surface area contributed by atoms with Crippen LogP contribution in [0.15, 0.2) is 76.6 Å². The molecule has 0 atom stereocenters. The number of benzene rings is 3. The van der Waals surface area contributed by atoms with Crippen molar-refractivity contribution in [2.45, 2.75) is 51.6 Å². The zero-order chi connectivity index (χ0) is 25.6. The monoisotopic (exact) mass is 499 g/mol. The van der Waals surface area contributed by atoms with Crippen LogP contribution < -0.4 is 15.0 Å². The fourth-order valence-corrected chi connectivity index (χ4v) is 4.74. The first-order valence-corrected chi connectivity index (χ1v) is 12.8. The van der Waals surface area contributed by atoms with Gasteiger partial charge in [-0.2, -0.15) is 9.78 Å². The largest absolute Gasteiger partial charge is 0.490 e. The van der Waals surface area contributed by atoms with Crippen molar-refractivity contribution in [3.63, 3.8) is 0 Å². The number of para-hydroxylation sites is 1. The van der Waals surface area contributed by atoms with Crippen molar-refractivity contribution in [1.29, 1.82) is 0 Å². The van der Waals surface area contributed by atoms with Gasteiger partial charge in [-0.1, -0.05) is 43.5 Å². The molecule has 0 saturated heterocycles. The van der Waals surface area contributed by atoms with Crippen molar-refractivity contribution in [1.82, 2.24) is 9.66 Å². The molecule has 1 fully saturated rings. The summed E-state index contributed by atoms with van der Waals surface area (Å²) in [5.41, 5.74) is 2.17. The van der Waals surface area contributed by atoms with Crippen molar-refractivity contribution < 1.29 is 13.9 Å². The summed E-state index contributed by atoms with van der Waals surface area (Å²) in [5.74, 6) is 1.81. The number of hydrogen-bond donors (Lipinski definition) is 0. The molecule has 1 aliphatic carbocycles. The Labute approximate surface area is 215 Å². The molecule has 5 rings (SSSR count). The van der Waals surface area contributed by atoms with Gasteiger partial charge in [-0.15, -0.1) is 0 Å². The van der Waals surface area contributed by atoms with Crippen molar-refractivity contribution in [3.05, 3.63) is 99.9 Å². The number of halogens is 1. The number of hydrogen-bond acceptors (Lipinski definition) is 5. The molecule has 4 aromatic rings. The fraction of sp³-hybridized carbons (Fsp3) is 0.300. The maximum absolute atomic E-state index is 13.4. The van der Waals surface area contributed by atoms with E-state index in [2.05, 4.69) is 5.10 Å². The smallest absolute Gasteiger partial charge is 0.282 e. The van der Waals surface area contributed by atoms with E-state index >= 15 is 0 Å². The first kappa shape index (κ1) is 24.7. The molecule has 0 unspecified atom stereocenters. The minimum atomic E-state index is -0.283. The molecule has 1 aromatic heterocycles. The van der Waals surface area contributed by atoms with E-state index in [0.717, 1.165) is 42.6 Å². The Kier molecular flexibility index (Phi) is 7.59. The van der Waals surface area contributed by atoms with E-state index in [1.165, 1.54) is 23.2 Å².